The summed E-state index contributed by atoms with van der Waals surface area (Å²) in [7, 11) is 0. The largest absolute Gasteiger partial charge is 0.445 e. The van der Waals surface area contributed by atoms with Crippen molar-refractivity contribution in [3.05, 3.63) is 102 Å². The maximum atomic E-state index is 12.1. The molecule has 1 amide bonds. The summed E-state index contributed by atoms with van der Waals surface area (Å²) in [6, 6.07) is 26.8. The number of nitrogens with zero attached hydrogens (tertiary/aromatic N) is 3. The van der Waals surface area contributed by atoms with Gasteiger partial charge in [-0.3, -0.25) is 4.98 Å². The fraction of sp³-hybridized carbons (Fsp3) is 0.0833. The molecule has 0 fully saturated rings. The fourth-order valence-corrected chi connectivity index (χ4v) is 2.89. The maximum absolute atomic E-state index is 12.1. The number of rotatable bonds is 6. The van der Waals surface area contributed by atoms with Crippen molar-refractivity contribution in [2.24, 2.45) is 0 Å². The third-order valence-corrected chi connectivity index (χ3v) is 4.37. The molecule has 4 aromatic rings. The van der Waals surface area contributed by atoms with Crippen LogP contribution in [0.25, 0.3) is 22.8 Å². The van der Waals surface area contributed by atoms with Crippen LogP contribution in [0.5, 0.6) is 0 Å². The van der Waals surface area contributed by atoms with E-state index < -0.39 is 6.09 Å². The standard InChI is InChI=1S/C24H20N4O2/c29-24(30-17-18-9-3-1-4-10-18)26-16-20-15-22(19-11-5-2-6-12-19)28-23(27-20)21-13-7-8-14-25-21/h1-15H,16-17H2,(H,26,29). The van der Waals surface area contributed by atoms with Crippen LogP contribution in [0.4, 0.5) is 4.79 Å². The zero-order chi connectivity index (χ0) is 20.6. The highest BCUT2D eigenvalue weighted by Gasteiger charge is 2.11. The van der Waals surface area contributed by atoms with Gasteiger partial charge >= 0.3 is 6.09 Å². The monoisotopic (exact) mass is 396 g/mol. The second-order valence-corrected chi connectivity index (χ2v) is 6.56. The predicted octanol–water partition coefficient (Wildman–Crippen LogP) is 4.63. The Morgan fingerprint density at radius 3 is 2.30 bits per heavy atom. The first kappa shape index (κ1) is 19.3. The molecule has 0 unspecified atom stereocenters. The van der Waals surface area contributed by atoms with Crippen LogP contribution in [0.15, 0.2) is 91.1 Å². The van der Waals surface area contributed by atoms with Crippen molar-refractivity contribution >= 4 is 6.09 Å². The fourth-order valence-electron chi connectivity index (χ4n) is 2.89. The molecule has 30 heavy (non-hydrogen) atoms. The van der Waals surface area contributed by atoms with Crippen molar-refractivity contribution in [2.75, 3.05) is 0 Å². The zero-order valence-corrected chi connectivity index (χ0v) is 16.2. The first-order valence-electron chi connectivity index (χ1n) is 9.57. The zero-order valence-electron chi connectivity index (χ0n) is 16.2. The van der Waals surface area contributed by atoms with Gasteiger partial charge in [-0.15, -0.1) is 0 Å². The van der Waals surface area contributed by atoms with Crippen molar-refractivity contribution in [1.29, 1.82) is 0 Å². The van der Waals surface area contributed by atoms with Gasteiger partial charge < -0.3 is 10.1 Å². The summed E-state index contributed by atoms with van der Waals surface area (Å²) < 4.78 is 5.27. The Labute approximate surface area is 174 Å². The average Bonchev–Trinajstić information content (AvgIpc) is 2.83. The molecule has 2 aromatic carbocycles. The minimum atomic E-state index is -0.502. The highest BCUT2D eigenvalue weighted by molar-refractivity contribution is 5.67. The van der Waals surface area contributed by atoms with E-state index in [2.05, 4.69) is 20.3 Å². The molecule has 2 aromatic heterocycles. The van der Waals surface area contributed by atoms with E-state index in [1.54, 1.807) is 6.20 Å². The Bertz CT molecular complexity index is 1050. The molecule has 2 heterocycles. The van der Waals surface area contributed by atoms with E-state index in [1.165, 1.54) is 0 Å². The van der Waals surface area contributed by atoms with Gasteiger partial charge in [0, 0.05) is 11.8 Å². The van der Waals surface area contributed by atoms with Gasteiger partial charge in [-0.2, -0.15) is 0 Å². The van der Waals surface area contributed by atoms with Crippen molar-refractivity contribution < 1.29 is 9.53 Å². The Hall–Kier alpha value is -4.06. The molecule has 0 spiro atoms. The van der Waals surface area contributed by atoms with Crippen molar-refractivity contribution in [2.45, 2.75) is 13.2 Å². The van der Waals surface area contributed by atoms with Crippen LogP contribution in [0.2, 0.25) is 0 Å². The summed E-state index contributed by atoms with van der Waals surface area (Å²) in [6.07, 6.45) is 1.20. The average molecular weight is 396 g/mol. The van der Waals surface area contributed by atoms with Gasteiger partial charge in [-0.25, -0.2) is 14.8 Å². The molecule has 148 valence electrons. The Kier molecular flexibility index (Phi) is 6.05. The van der Waals surface area contributed by atoms with Gasteiger partial charge in [0.15, 0.2) is 5.82 Å². The van der Waals surface area contributed by atoms with Gasteiger partial charge in [-0.1, -0.05) is 66.7 Å². The first-order chi connectivity index (χ1) is 14.8. The normalized spacial score (nSPS) is 10.4. The number of carbonyl (C=O) groups excluding carboxylic acids is 1. The number of nitrogens with one attached hydrogen (secondary N) is 1. The highest BCUT2D eigenvalue weighted by Crippen LogP contribution is 2.21. The van der Waals surface area contributed by atoms with E-state index in [0.717, 1.165) is 16.8 Å². The summed E-state index contributed by atoms with van der Waals surface area (Å²) >= 11 is 0. The molecule has 0 aliphatic rings. The number of amides is 1. The molecule has 0 saturated carbocycles. The Morgan fingerprint density at radius 2 is 1.57 bits per heavy atom. The quantitative estimate of drug-likeness (QED) is 0.514. The predicted molar refractivity (Wildman–Crippen MR) is 114 cm³/mol. The number of ether oxygens (including phenoxy) is 1. The smallest absolute Gasteiger partial charge is 0.407 e. The van der Waals surface area contributed by atoms with Crippen molar-refractivity contribution in [3.63, 3.8) is 0 Å². The summed E-state index contributed by atoms with van der Waals surface area (Å²) in [5, 5.41) is 2.75. The third-order valence-electron chi connectivity index (χ3n) is 4.37. The lowest BCUT2D eigenvalue weighted by Gasteiger charge is -2.10. The van der Waals surface area contributed by atoms with E-state index in [-0.39, 0.29) is 13.2 Å². The van der Waals surface area contributed by atoms with E-state index in [9.17, 15) is 4.79 Å². The van der Waals surface area contributed by atoms with Crippen LogP contribution >= 0.6 is 0 Å². The van der Waals surface area contributed by atoms with E-state index >= 15 is 0 Å². The molecule has 0 radical (unpaired) electrons. The molecule has 0 bridgehead atoms. The number of benzene rings is 2. The maximum Gasteiger partial charge on any atom is 0.407 e. The SMILES string of the molecule is O=C(NCc1cc(-c2ccccc2)nc(-c2ccccn2)n1)OCc1ccccc1. The molecule has 1 N–H and O–H groups in total. The Balaban J connectivity index is 1.51. The third kappa shape index (κ3) is 5.05. The van der Waals surface area contributed by atoms with Gasteiger partial charge in [0.1, 0.15) is 12.3 Å². The molecule has 6 nitrogen and oxygen atoms in total. The molecule has 0 saturated heterocycles. The van der Waals surface area contributed by atoms with E-state index in [0.29, 0.717) is 17.2 Å². The lowest BCUT2D eigenvalue weighted by molar-refractivity contribution is 0.139. The lowest BCUT2D eigenvalue weighted by atomic mass is 10.1. The molecule has 0 aliphatic carbocycles. The summed E-state index contributed by atoms with van der Waals surface area (Å²) in [5.41, 5.74) is 3.99. The van der Waals surface area contributed by atoms with E-state index in [4.69, 9.17) is 4.74 Å². The molecular weight excluding hydrogens is 376 g/mol. The molecule has 6 heteroatoms. The van der Waals surface area contributed by atoms with Crippen LogP contribution in [-0.2, 0) is 17.9 Å². The number of alkyl carbamates (subject to hydrolysis) is 1. The number of carbonyl (C=O) groups is 1. The Morgan fingerprint density at radius 1 is 0.833 bits per heavy atom. The first-order valence-corrected chi connectivity index (χ1v) is 9.57. The minimum absolute atomic E-state index is 0.213. The number of hydrogen-bond acceptors (Lipinski definition) is 5. The number of hydrogen-bond donors (Lipinski definition) is 1. The summed E-state index contributed by atoms with van der Waals surface area (Å²) in [6.45, 7) is 0.431. The summed E-state index contributed by atoms with van der Waals surface area (Å²) in [4.78, 5) is 25.7. The topological polar surface area (TPSA) is 77.0 Å². The van der Waals surface area contributed by atoms with Crippen LogP contribution < -0.4 is 5.32 Å². The van der Waals surface area contributed by atoms with Gasteiger partial charge in [0.25, 0.3) is 0 Å². The number of aromatic nitrogens is 3. The second-order valence-electron chi connectivity index (χ2n) is 6.56. The molecule has 4 rings (SSSR count). The van der Waals surface area contributed by atoms with Crippen molar-refractivity contribution in [1.82, 2.24) is 20.3 Å². The van der Waals surface area contributed by atoms with Crippen LogP contribution in [-0.4, -0.2) is 21.0 Å². The summed E-state index contributed by atoms with van der Waals surface area (Å²) in [5.74, 6) is 0.506. The van der Waals surface area contributed by atoms with Gasteiger partial charge in [0.2, 0.25) is 0 Å². The highest BCUT2D eigenvalue weighted by atomic mass is 16.5. The number of pyridine rings is 1. The van der Waals surface area contributed by atoms with E-state index in [1.807, 2.05) is 84.9 Å². The second kappa shape index (κ2) is 9.43. The molecular formula is C24H20N4O2. The minimum Gasteiger partial charge on any atom is -0.445 e. The molecule has 0 aliphatic heterocycles. The van der Waals surface area contributed by atoms with Crippen LogP contribution in [0.3, 0.4) is 0 Å². The van der Waals surface area contributed by atoms with Crippen LogP contribution in [0, 0.1) is 0 Å². The van der Waals surface area contributed by atoms with Crippen molar-refractivity contribution in [3.8, 4) is 22.8 Å². The van der Waals surface area contributed by atoms with Crippen LogP contribution in [0.1, 0.15) is 11.3 Å². The molecule has 0 atom stereocenters. The van der Waals surface area contributed by atoms with Gasteiger partial charge in [-0.05, 0) is 23.8 Å². The van der Waals surface area contributed by atoms with Gasteiger partial charge in [0.05, 0.1) is 17.9 Å². The lowest BCUT2D eigenvalue weighted by Crippen LogP contribution is -2.24.